The number of carbonyl (C=O) groups is 1. The number of phenolic OH excluding ortho intramolecular Hbond substituents is 1. The van der Waals surface area contributed by atoms with Crippen molar-refractivity contribution in [2.24, 2.45) is 5.92 Å². The lowest BCUT2D eigenvalue weighted by Gasteiger charge is -2.54. The van der Waals surface area contributed by atoms with Gasteiger partial charge in [0.15, 0.2) is 0 Å². The van der Waals surface area contributed by atoms with Crippen LogP contribution in [0.4, 0.5) is 0 Å². The van der Waals surface area contributed by atoms with Crippen LogP contribution in [0.5, 0.6) is 5.75 Å². The zero-order valence-electron chi connectivity index (χ0n) is 18.4. The summed E-state index contributed by atoms with van der Waals surface area (Å²) < 4.78 is 0. The number of fused-ring (bicyclic) bond motifs is 2. The van der Waals surface area contributed by atoms with Gasteiger partial charge in [0.25, 0.3) is 5.91 Å². The number of benzene rings is 3. The van der Waals surface area contributed by atoms with Crippen molar-refractivity contribution in [2.45, 2.75) is 36.8 Å². The molecule has 1 aliphatic heterocycles. The number of nitrogens with one attached hydrogen (secondary N) is 1. The maximum atomic E-state index is 13.1. The van der Waals surface area contributed by atoms with Crippen LogP contribution in [0, 0.1) is 5.92 Å². The third-order valence-electron chi connectivity index (χ3n) is 7.53. The van der Waals surface area contributed by atoms with Gasteiger partial charge in [0.1, 0.15) is 5.75 Å². The van der Waals surface area contributed by atoms with Crippen LogP contribution in [0.25, 0.3) is 10.8 Å². The molecular formula is C27H30N2O3. The van der Waals surface area contributed by atoms with Crippen LogP contribution < -0.4 is 5.32 Å². The molecule has 0 spiro atoms. The summed E-state index contributed by atoms with van der Waals surface area (Å²) in [6.45, 7) is 1.73. The molecule has 4 atom stereocenters. The summed E-state index contributed by atoms with van der Waals surface area (Å²) in [7, 11) is 2.09. The monoisotopic (exact) mass is 430 g/mol. The summed E-state index contributed by atoms with van der Waals surface area (Å²) in [6.07, 6.45) is 1.66. The summed E-state index contributed by atoms with van der Waals surface area (Å²) in [5, 5.41) is 26.7. The van der Waals surface area contributed by atoms with Gasteiger partial charge in [-0.1, -0.05) is 42.5 Å². The lowest BCUT2D eigenvalue weighted by molar-refractivity contribution is -0.0420. The number of phenols is 1. The minimum Gasteiger partial charge on any atom is -0.508 e. The van der Waals surface area contributed by atoms with E-state index < -0.39 is 6.10 Å². The van der Waals surface area contributed by atoms with Gasteiger partial charge in [0.05, 0.1) is 6.10 Å². The number of carbonyl (C=O) groups excluding carboxylic acids is 1. The van der Waals surface area contributed by atoms with Crippen LogP contribution in [0.2, 0.25) is 0 Å². The second kappa shape index (κ2) is 8.23. The van der Waals surface area contributed by atoms with Gasteiger partial charge < -0.3 is 20.4 Å². The van der Waals surface area contributed by atoms with Gasteiger partial charge in [-0.15, -0.1) is 0 Å². The van der Waals surface area contributed by atoms with E-state index >= 15 is 0 Å². The van der Waals surface area contributed by atoms with Gasteiger partial charge in [-0.05, 0) is 73.5 Å². The molecule has 1 aliphatic carbocycles. The Morgan fingerprint density at radius 1 is 1.06 bits per heavy atom. The highest BCUT2D eigenvalue weighted by Crippen LogP contribution is 2.49. The van der Waals surface area contributed by atoms with E-state index in [4.69, 9.17) is 0 Å². The third kappa shape index (κ3) is 3.76. The van der Waals surface area contributed by atoms with E-state index in [0.717, 1.165) is 42.3 Å². The van der Waals surface area contributed by atoms with E-state index in [1.165, 1.54) is 0 Å². The number of aliphatic hydroxyl groups excluding tert-OH is 1. The Morgan fingerprint density at radius 3 is 2.69 bits per heavy atom. The number of rotatable bonds is 3. The summed E-state index contributed by atoms with van der Waals surface area (Å²) in [4.78, 5) is 15.4. The lowest BCUT2D eigenvalue weighted by Crippen LogP contribution is -2.60. The maximum absolute atomic E-state index is 13.1. The number of amides is 1. The van der Waals surface area contributed by atoms with Gasteiger partial charge in [0, 0.05) is 29.5 Å². The standard InChI is InChI=1S/C27H30N2O3/c1-29-12-11-27(21-7-4-8-23(30)14-21)16-22(15-25(31)24(27)17-29)28-26(32)20-10-9-18-5-2-3-6-19(18)13-20/h2-10,13-14,22,24-25,30-31H,11-12,15-17H2,1H3,(H,28,32)/t22-,24+,25?,27+/m1/s1. The molecule has 1 heterocycles. The smallest absolute Gasteiger partial charge is 0.251 e. The van der Waals surface area contributed by atoms with Crippen molar-refractivity contribution in [3.63, 3.8) is 0 Å². The molecule has 3 N–H and O–H groups in total. The number of likely N-dealkylation sites (tertiary alicyclic amines) is 1. The topological polar surface area (TPSA) is 72.8 Å². The van der Waals surface area contributed by atoms with Gasteiger partial charge in [-0.3, -0.25) is 4.79 Å². The van der Waals surface area contributed by atoms with Gasteiger partial charge in [-0.25, -0.2) is 0 Å². The average Bonchev–Trinajstić information content (AvgIpc) is 2.79. The second-order valence-electron chi connectivity index (χ2n) is 9.56. The Morgan fingerprint density at radius 2 is 1.88 bits per heavy atom. The molecule has 5 heteroatoms. The molecule has 0 aromatic heterocycles. The zero-order valence-corrected chi connectivity index (χ0v) is 18.4. The third-order valence-corrected chi connectivity index (χ3v) is 7.53. The Labute approximate surface area is 188 Å². The second-order valence-corrected chi connectivity index (χ2v) is 9.56. The molecule has 2 aliphatic rings. The van der Waals surface area contributed by atoms with Crippen molar-refractivity contribution in [3.05, 3.63) is 77.9 Å². The van der Waals surface area contributed by atoms with E-state index in [1.54, 1.807) is 6.07 Å². The molecule has 1 amide bonds. The fourth-order valence-corrected chi connectivity index (χ4v) is 5.90. The van der Waals surface area contributed by atoms with Crippen LogP contribution in [0.3, 0.4) is 0 Å². The average molecular weight is 431 g/mol. The number of piperidine rings is 1. The van der Waals surface area contributed by atoms with Crippen LogP contribution in [0.1, 0.15) is 35.2 Å². The first-order valence-corrected chi connectivity index (χ1v) is 11.4. The SMILES string of the molecule is CN1CC[C@@]2(c3cccc(O)c3)C[C@H](NC(=O)c3ccc4ccccc4c3)CC(O)[C@@H]2C1. The summed E-state index contributed by atoms with van der Waals surface area (Å²) in [5.74, 6) is 0.202. The molecule has 32 heavy (non-hydrogen) atoms. The summed E-state index contributed by atoms with van der Waals surface area (Å²) >= 11 is 0. The molecule has 1 unspecified atom stereocenters. The number of aromatic hydroxyl groups is 1. The van der Waals surface area contributed by atoms with Crippen molar-refractivity contribution in [3.8, 4) is 5.75 Å². The highest BCUT2D eigenvalue weighted by Gasteiger charge is 2.51. The number of nitrogens with zero attached hydrogens (tertiary/aromatic N) is 1. The minimum absolute atomic E-state index is 0.0665. The molecule has 1 saturated heterocycles. The van der Waals surface area contributed by atoms with E-state index in [2.05, 4.69) is 23.3 Å². The normalized spacial score (nSPS) is 28.2. The molecule has 1 saturated carbocycles. The first-order valence-electron chi connectivity index (χ1n) is 11.4. The predicted octanol–water partition coefficient (Wildman–Crippen LogP) is 3.69. The molecule has 3 aromatic carbocycles. The molecule has 166 valence electrons. The maximum Gasteiger partial charge on any atom is 0.251 e. The Balaban J connectivity index is 1.43. The first kappa shape index (κ1) is 21.0. The first-order chi connectivity index (χ1) is 15.4. The molecule has 3 aromatic rings. The van der Waals surface area contributed by atoms with E-state index in [-0.39, 0.29) is 29.0 Å². The molecule has 0 bridgehead atoms. The Bertz CT molecular complexity index is 1150. The van der Waals surface area contributed by atoms with Gasteiger partial charge >= 0.3 is 0 Å². The molecular weight excluding hydrogens is 400 g/mol. The van der Waals surface area contributed by atoms with Crippen molar-refractivity contribution >= 4 is 16.7 Å². The van der Waals surface area contributed by atoms with Gasteiger partial charge in [-0.2, -0.15) is 0 Å². The van der Waals surface area contributed by atoms with Crippen LogP contribution in [0.15, 0.2) is 66.7 Å². The molecule has 0 radical (unpaired) electrons. The largest absolute Gasteiger partial charge is 0.508 e. The van der Waals surface area contributed by atoms with Crippen molar-refractivity contribution in [2.75, 3.05) is 20.1 Å². The van der Waals surface area contributed by atoms with E-state index in [1.807, 2.05) is 54.6 Å². The number of aliphatic hydroxyl groups is 1. The van der Waals surface area contributed by atoms with Crippen molar-refractivity contribution in [1.82, 2.24) is 10.2 Å². The fraction of sp³-hybridized carbons (Fsp3) is 0.370. The van der Waals surface area contributed by atoms with Crippen molar-refractivity contribution in [1.29, 1.82) is 0 Å². The van der Waals surface area contributed by atoms with Crippen LogP contribution in [-0.2, 0) is 5.41 Å². The lowest BCUT2D eigenvalue weighted by atomic mass is 9.57. The van der Waals surface area contributed by atoms with Crippen molar-refractivity contribution < 1.29 is 15.0 Å². The predicted molar refractivity (Wildman–Crippen MR) is 126 cm³/mol. The number of hydrogen-bond donors (Lipinski definition) is 3. The highest BCUT2D eigenvalue weighted by atomic mass is 16.3. The van der Waals surface area contributed by atoms with Crippen LogP contribution >= 0.6 is 0 Å². The Hall–Kier alpha value is -2.89. The molecule has 2 fully saturated rings. The summed E-state index contributed by atoms with van der Waals surface area (Å²) in [5.41, 5.74) is 1.42. The zero-order chi connectivity index (χ0) is 22.3. The Kier molecular flexibility index (Phi) is 5.39. The number of hydrogen-bond acceptors (Lipinski definition) is 4. The van der Waals surface area contributed by atoms with E-state index in [0.29, 0.717) is 12.0 Å². The molecule has 5 rings (SSSR count). The highest BCUT2D eigenvalue weighted by molar-refractivity contribution is 5.98. The quantitative estimate of drug-likeness (QED) is 0.593. The van der Waals surface area contributed by atoms with Gasteiger partial charge in [0.2, 0.25) is 0 Å². The fourth-order valence-electron chi connectivity index (χ4n) is 5.90. The van der Waals surface area contributed by atoms with Crippen LogP contribution in [-0.4, -0.2) is 53.3 Å². The minimum atomic E-state index is -0.518. The summed E-state index contributed by atoms with van der Waals surface area (Å²) in [6, 6.07) is 21.1. The molecule has 5 nitrogen and oxygen atoms in total. The van der Waals surface area contributed by atoms with E-state index in [9.17, 15) is 15.0 Å².